The van der Waals surface area contributed by atoms with E-state index in [1.807, 2.05) is 0 Å². The first-order valence-corrected chi connectivity index (χ1v) is 6.89. The quantitative estimate of drug-likeness (QED) is 0.755. The van der Waals surface area contributed by atoms with Gasteiger partial charge in [-0.2, -0.15) is 0 Å². The Morgan fingerprint density at radius 2 is 2.00 bits per heavy atom. The van der Waals surface area contributed by atoms with Crippen molar-refractivity contribution >= 4 is 23.2 Å². The molecule has 2 rings (SSSR count). The van der Waals surface area contributed by atoms with Crippen LogP contribution in [-0.4, -0.2) is 11.6 Å². The summed E-state index contributed by atoms with van der Waals surface area (Å²) in [4.78, 5) is 4.01. The zero-order valence-corrected chi connectivity index (χ0v) is 11.3. The number of rotatable bonds is 4. The Labute approximate surface area is 112 Å². The SMILES string of the molecule is Clc1cc(Cl)c(COCC2CCCCC2)cn1. The fourth-order valence-electron chi connectivity index (χ4n) is 2.23. The van der Waals surface area contributed by atoms with Crippen molar-refractivity contribution in [2.45, 2.75) is 38.7 Å². The van der Waals surface area contributed by atoms with Crippen LogP contribution in [0.5, 0.6) is 0 Å². The molecule has 1 fully saturated rings. The van der Waals surface area contributed by atoms with E-state index in [9.17, 15) is 0 Å². The molecule has 94 valence electrons. The molecule has 17 heavy (non-hydrogen) atoms. The van der Waals surface area contributed by atoms with Crippen LogP contribution in [0, 0.1) is 5.92 Å². The lowest BCUT2D eigenvalue weighted by Crippen LogP contribution is -2.13. The Bertz CT molecular complexity index is 364. The van der Waals surface area contributed by atoms with Gasteiger partial charge in [0.1, 0.15) is 5.15 Å². The Balaban J connectivity index is 1.77. The van der Waals surface area contributed by atoms with E-state index in [4.69, 9.17) is 27.9 Å². The fraction of sp³-hybridized carbons (Fsp3) is 0.615. The molecule has 1 aromatic rings. The normalized spacial score (nSPS) is 17.3. The van der Waals surface area contributed by atoms with Crippen molar-refractivity contribution in [3.05, 3.63) is 28.0 Å². The van der Waals surface area contributed by atoms with Crippen LogP contribution < -0.4 is 0 Å². The number of ether oxygens (including phenoxy) is 1. The highest BCUT2D eigenvalue weighted by molar-refractivity contribution is 6.34. The lowest BCUT2D eigenvalue weighted by molar-refractivity contribution is 0.0738. The second-order valence-corrected chi connectivity index (χ2v) is 5.41. The third kappa shape index (κ3) is 4.13. The highest BCUT2D eigenvalue weighted by Crippen LogP contribution is 2.25. The molecule has 0 saturated heterocycles. The van der Waals surface area contributed by atoms with Gasteiger partial charge in [-0.05, 0) is 24.8 Å². The molecule has 0 aliphatic heterocycles. The summed E-state index contributed by atoms with van der Waals surface area (Å²) in [6.07, 6.45) is 8.35. The monoisotopic (exact) mass is 273 g/mol. The Morgan fingerprint density at radius 3 is 2.71 bits per heavy atom. The molecule has 1 aliphatic carbocycles. The summed E-state index contributed by atoms with van der Waals surface area (Å²) in [5.74, 6) is 0.725. The molecule has 0 unspecified atom stereocenters. The van der Waals surface area contributed by atoms with Gasteiger partial charge in [0.05, 0.1) is 11.6 Å². The van der Waals surface area contributed by atoms with E-state index in [-0.39, 0.29) is 0 Å². The van der Waals surface area contributed by atoms with Crippen LogP contribution in [0.15, 0.2) is 12.3 Å². The molecule has 0 radical (unpaired) electrons. The Hall–Kier alpha value is -0.310. The molecule has 0 bridgehead atoms. The van der Waals surface area contributed by atoms with E-state index in [1.165, 1.54) is 32.1 Å². The predicted molar refractivity (Wildman–Crippen MR) is 70.5 cm³/mol. The number of pyridine rings is 1. The van der Waals surface area contributed by atoms with E-state index in [2.05, 4.69) is 4.98 Å². The number of aromatic nitrogens is 1. The van der Waals surface area contributed by atoms with Crippen molar-refractivity contribution in [3.63, 3.8) is 0 Å². The largest absolute Gasteiger partial charge is 0.376 e. The standard InChI is InChI=1S/C13H17Cl2NO/c14-12-6-13(15)16-7-11(12)9-17-8-10-4-2-1-3-5-10/h6-7,10H,1-5,8-9H2. The van der Waals surface area contributed by atoms with Gasteiger partial charge < -0.3 is 4.74 Å². The topological polar surface area (TPSA) is 22.1 Å². The highest BCUT2D eigenvalue weighted by Gasteiger charge is 2.13. The maximum absolute atomic E-state index is 6.05. The molecule has 0 spiro atoms. The van der Waals surface area contributed by atoms with Crippen molar-refractivity contribution < 1.29 is 4.74 Å². The van der Waals surface area contributed by atoms with Crippen LogP contribution in [0.4, 0.5) is 0 Å². The zero-order chi connectivity index (χ0) is 12.1. The first kappa shape index (κ1) is 13.1. The smallest absolute Gasteiger partial charge is 0.130 e. The molecular formula is C13H17Cl2NO. The summed E-state index contributed by atoms with van der Waals surface area (Å²) in [5.41, 5.74) is 0.909. The zero-order valence-electron chi connectivity index (χ0n) is 9.79. The van der Waals surface area contributed by atoms with Crippen LogP contribution in [0.2, 0.25) is 10.2 Å². The first-order chi connectivity index (χ1) is 8.25. The van der Waals surface area contributed by atoms with Crippen molar-refractivity contribution in [3.8, 4) is 0 Å². The molecule has 1 aliphatic rings. The second-order valence-electron chi connectivity index (χ2n) is 4.62. The molecule has 0 amide bonds. The van der Waals surface area contributed by atoms with Crippen molar-refractivity contribution in [1.29, 1.82) is 0 Å². The summed E-state index contributed by atoms with van der Waals surface area (Å²) >= 11 is 11.8. The third-order valence-corrected chi connectivity index (χ3v) is 3.79. The van der Waals surface area contributed by atoms with E-state index in [0.717, 1.165) is 18.1 Å². The minimum absolute atomic E-state index is 0.422. The van der Waals surface area contributed by atoms with E-state index >= 15 is 0 Å². The van der Waals surface area contributed by atoms with Gasteiger partial charge in [-0.3, -0.25) is 0 Å². The summed E-state index contributed by atoms with van der Waals surface area (Å²) in [6.45, 7) is 1.36. The van der Waals surface area contributed by atoms with Gasteiger partial charge in [-0.1, -0.05) is 42.5 Å². The van der Waals surface area contributed by atoms with Crippen LogP contribution in [0.1, 0.15) is 37.7 Å². The lowest BCUT2D eigenvalue weighted by Gasteiger charge is -2.21. The number of nitrogens with zero attached hydrogens (tertiary/aromatic N) is 1. The van der Waals surface area contributed by atoms with Crippen molar-refractivity contribution in [2.75, 3.05) is 6.61 Å². The van der Waals surface area contributed by atoms with E-state index in [0.29, 0.717) is 16.8 Å². The van der Waals surface area contributed by atoms with Gasteiger partial charge >= 0.3 is 0 Å². The average Bonchev–Trinajstić information content (AvgIpc) is 2.33. The van der Waals surface area contributed by atoms with Crippen LogP contribution >= 0.6 is 23.2 Å². The fourth-order valence-corrected chi connectivity index (χ4v) is 2.65. The van der Waals surface area contributed by atoms with Gasteiger partial charge in [-0.25, -0.2) is 4.98 Å². The van der Waals surface area contributed by atoms with Gasteiger partial charge in [0.15, 0.2) is 0 Å². The van der Waals surface area contributed by atoms with Gasteiger partial charge in [-0.15, -0.1) is 0 Å². The minimum atomic E-state index is 0.422. The molecule has 4 heteroatoms. The highest BCUT2D eigenvalue weighted by atomic mass is 35.5. The van der Waals surface area contributed by atoms with E-state index in [1.54, 1.807) is 12.3 Å². The number of hydrogen-bond donors (Lipinski definition) is 0. The van der Waals surface area contributed by atoms with Crippen LogP contribution in [-0.2, 0) is 11.3 Å². The minimum Gasteiger partial charge on any atom is -0.376 e. The number of hydrogen-bond acceptors (Lipinski definition) is 2. The summed E-state index contributed by atoms with van der Waals surface area (Å²) < 4.78 is 5.71. The second kappa shape index (κ2) is 6.58. The average molecular weight is 274 g/mol. The molecule has 0 N–H and O–H groups in total. The van der Waals surface area contributed by atoms with Crippen molar-refractivity contribution in [1.82, 2.24) is 4.98 Å². The predicted octanol–water partition coefficient (Wildman–Crippen LogP) is 4.49. The third-order valence-electron chi connectivity index (χ3n) is 3.23. The van der Waals surface area contributed by atoms with Crippen LogP contribution in [0.3, 0.4) is 0 Å². The maximum atomic E-state index is 6.05. The lowest BCUT2D eigenvalue weighted by atomic mass is 9.90. The maximum Gasteiger partial charge on any atom is 0.130 e. The molecule has 1 saturated carbocycles. The van der Waals surface area contributed by atoms with E-state index < -0.39 is 0 Å². The Kier molecular flexibility index (Phi) is 5.08. The molecule has 0 aromatic carbocycles. The summed E-state index contributed by atoms with van der Waals surface area (Å²) in [6, 6.07) is 1.66. The molecule has 2 nitrogen and oxygen atoms in total. The number of halogens is 2. The molecule has 1 heterocycles. The van der Waals surface area contributed by atoms with Crippen LogP contribution in [0.25, 0.3) is 0 Å². The summed E-state index contributed by atoms with van der Waals surface area (Å²) in [5, 5.41) is 1.06. The van der Waals surface area contributed by atoms with Crippen molar-refractivity contribution in [2.24, 2.45) is 5.92 Å². The molecular weight excluding hydrogens is 257 g/mol. The van der Waals surface area contributed by atoms with Gasteiger partial charge in [0.2, 0.25) is 0 Å². The van der Waals surface area contributed by atoms with Gasteiger partial charge in [0.25, 0.3) is 0 Å². The van der Waals surface area contributed by atoms with Gasteiger partial charge in [0, 0.05) is 18.4 Å². The summed E-state index contributed by atoms with van der Waals surface area (Å²) in [7, 11) is 0. The Morgan fingerprint density at radius 1 is 1.24 bits per heavy atom. The molecule has 0 atom stereocenters. The first-order valence-electron chi connectivity index (χ1n) is 6.13. The molecule has 1 aromatic heterocycles.